The molecule has 1 heterocycles. The summed E-state index contributed by atoms with van der Waals surface area (Å²) in [7, 11) is 0. The zero-order valence-corrected chi connectivity index (χ0v) is 26.9. The van der Waals surface area contributed by atoms with Crippen LogP contribution in [-0.4, -0.2) is 5.11 Å². The van der Waals surface area contributed by atoms with Gasteiger partial charge in [0, 0.05) is 34.0 Å². The third-order valence-corrected chi connectivity index (χ3v) is 9.57. The third-order valence-electron chi connectivity index (χ3n) is 9.57. The van der Waals surface area contributed by atoms with Crippen LogP contribution in [0.15, 0.2) is 156 Å². The van der Waals surface area contributed by atoms with Crippen molar-refractivity contribution in [3.8, 4) is 16.9 Å². The topological polar surface area (TPSA) is 36.6 Å². The maximum atomic E-state index is 12.1. The molecule has 3 nitrogen and oxygen atoms in total. The lowest BCUT2D eigenvalue weighted by Crippen LogP contribution is -2.15. The van der Waals surface area contributed by atoms with Gasteiger partial charge in [-0.05, 0) is 70.1 Å². The van der Waals surface area contributed by atoms with Gasteiger partial charge >= 0.3 is 0 Å². The Hall–Kier alpha value is -5.54. The zero-order chi connectivity index (χ0) is 32.1. The summed E-state index contributed by atoms with van der Waals surface area (Å²) in [6.07, 6.45) is 7.45. The Morgan fingerprint density at radius 2 is 1.43 bits per heavy atom. The molecular formula is C44H37NO2. The molecule has 1 atom stereocenters. The number of hydrogen-bond donors (Lipinski definition) is 1. The molecule has 0 saturated carbocycles. The first kappa shape index (κ1) is 28.9. The van der Waals surface area contributed by atoms with Crippen molar-refractivity contribution in [2.45, 2.75) is 33.1 Å². The standard InChI is InChI=1S/C44H37NO2/c1-44(2,3)33-15-9-14-32(27-33)37-17-10-18-39(43(37)46)45(34-22-19-30(20-23-34)29-11-5-4-6-12-29)35-24-25-38-41(28-35)47-40-26-21-31-13-7-8-16-36(31)42(38)40/h4-26,28,32,46H,27H2,1-3H3. The van der Waals surface area contributed by atoms with E-state index in [1.807, 2.05) is 12.1 Å². The van der Waals surface area contributed by atoms with E-state index in [2.05, 4.69) is 159 Å². The van der Waals surface area contributed by atoms with Crippen LogP contribution in [0.2, 0.25) is 0 Å². The largest absolute Gasteiger partial charge is 0.505 e. The van der Waals surface area contributed by atoms with Gasteiger partial charge < -0.3 is 14.4 Å². The summed E-state index contributed by atoms with van der Waals surface area (Å²) in [5, 5.41) is 16.7. The number of allylic oxidation sites excluding steroid dienone is 4. The van der Waals surface area contributed by atoms with E-state index in [1.165, 1.54) is 16.3 Å². The van der Waals surface area contributed by atoms with Crippen molar-refractivity contribution < 1.29 is 9.52 Å². The third kappa shape index (κ3) is 5.18. The van der Waals surface area contributed by atoms with Gasteiger partial charge in [0.15, 0.2) is 0 Å². The average molecular weight is 612 g/mol. The number of aromatic hydroxyl groups is 1. The molecule has 1 aromatic heterocycles. The molecule has 0 saturated heterocycles. The van der Waals surface area contributed by atoms with Crippen LogP contribution in [0.4, 0.5) is 17.1 Å². The van der Waals surface area contributed by atoms with Crippen LogP contribution >= 0.6 is 0 Å². The van der Waals surface area contributed by atoms with Gasteiger partial charge in [0.1, 0.15) is 16.9 Å². The number of rotatable bonds is 5. The van der Waals surface area contributed by atoms with Gasteiger partial charge in [0.05, 0.1) is 11.4 Å². The van der Waals surface area contributed by atoms with Crippen molar-refractivity contribution in [3.63, 3.8) is 0 Å². The van der Waals surface area contributed by atoms with Crippen molar-refractivity contribution in [1.82, 2.24) is 0 Å². The van der Waals surface area contributed by atoms with Crippen LogP contribution in [0, 0.1) is 5.41 Å². The molecule has 6 aromatic carbocycles. The molecular weight excluding hydrogens is 574 g/mol. The molecule has 47 heavy (non-hydrogen) atoms. The number of fused-ring (bicyclic) bond motifs is 5. The Morgan fingerprint density at radius 1 is 0.681 bits per heavy atom. The van der Waals surface area contributed by atoms with Crippen LogP contribution in [0.3, 0.4) is 0 Å². The van der Waals surface area contributed by atoms with Gasteiger partial charge in [-0.3, -0.25) is 0 Å². The summed E-state index contributed by atoms with van der Waals surface area (Å²) >= 11 is 0. The Labute approximate surface area is 275 Å². The number of hydrogen-bond acceptors (Lipinski definition) is 3. The maximum absolute atomic E-state index is 12.1. The van der Waals surface area contributed by atoms with Crippen molar-refractivity contribution in [1.29, 1.82) is 0 Å². The van der Waals surface area contributed by atoms with E-state index < -0.39 is 0 Å². The van der Waals surface area contributed by atoms with Crippen LogP contribution in [0.25, 0.3) is 43.8 Å². The van der Waals surface area contributed by atoms with Crippen LogP contribution in [0.5, 0.6) is 5.75 Å². The molecule has 230 valence electrons. The Kier molecular flexibility index (Phi) is 6.99. The molecule has 1 unspecified atom stereocenters. The molecule has 0 spiro atoms. The molecule has 7 aromatic rings. The van der Waals surface area contributed by atoms with Gasteiger partial charge in [0.2, 0.25) is 0 Å². The lowest BCUT2D eigenvalue weighted by Gasteiger charge is -2.31. The van der Waals surface area contributed by atoms with E-state index in [0.29, 0.717) is 5.75 Å². The first-order chi connectivity index (χ1) is 22.8. The van der Waals surface area contributed by atoms with E-state index in [0.717, 1.165) is 62.1 Å². The molecule has 0 amide bonds. The van der Waals surface area contributed by atoms with Crippen molar-refractivity contribution in [3.05, 3.63) is 157 Å². The predicted octanol–water partition coefficient (Wildman–Crippen LogP) is 12.6. The Morgan fingerprint density at radius 3 is 2.23 bits per heavy atom. The smallest absolute Gasteiger partial charge is 0.143 e. The van der Waals surface area contributed by atoms with Gasteiger partial charge in [-0.25, -0.2) is 0 Å². The molecule has 1 aliphatic rings. The summed E-state index contributed by atoms with van der Waals surface area (Å²) in [5.41, 5.74) is 8.95. The second-order valence-corrected chi connectivity index (χ2v) is 13.5. The second kappa shape index (κ2) is 11.4. The maximum Gasteiger partial charge on any atom is 0.143 e. The zero-order valence-electron chi connectivity index (χ0n) is 26.9. The number of benzene rings is 6. The van der Waals surface area contributed by atoms with Crippen molar-refractivity contribution in [2.75, 3.05) is 4.90 Å². The summed E-state index contributed by atoms with van der Waals surface area (Å²) in [5.74, 6) is 0.378. The van der Waals surface area contributed by atoms with Crippen LogP contribution < -0.4 is 4.90 Å². The van der Waals surface area contributed by atoms with E-state index >= 15 is 0 Å². The van der Waals surface area contributed by atoms with Crippen molar-refractivity contribution >= 4 is 49.8 Å². The fourth-order valence-electron chi connectivity index (χ4n) is 7.01. The van der Waals surface area contributed by atoms with Crippen LogP contribution in [0.1, 0.15) is 38.7 Å². The van der Waals surface area contributed by atoms with E-state index in [4.69, 9.17) is 4.42 Å². The Bertz CT molecular complexity index is 2320. The predicted molar refractivity (Wildman–Crippen MR) is 197 cm³/mol. The first-order valence-corrected chi connectivity index (χ1v) is 16.3. The Balaban J connectivity index is 1.27. The fraction of sp³-hybridized carbons (Fsp3) is 0.136. The van der Waals surface area contributed by atoms with Crippen LogP contribution in [-0.2, 0) is 0 Å². The summed E-state index contributed by atoms with van der Waals surface area (Å²) in [4.78, 5) is 2.14. The summed E-state index contributed by atoms with van der Waals surface area (Å²) < 4.78 is 6.49. The molecule has 0 radical (unpaired) electrons. The van der Waals surface area contributed by atoms with E-state index in [9.17, 15) is 5.11 Å². The minimum Gasteiger partial charge on any atom is -0.505 e. The number of anilines is 3. The quantitative estimate of drug-likeness (QED) is 0.210. The monoisotopic (exact) mass is 611 g/mol. The molecule has 8 rings (SSSR count). The SMILES string of the molecule is CC(C)(C)C1=CC=CC(c2cccc(N(c3ccc(-c4ccccc4)cc3)c3ccc4c(c3)oc3ccc5ccccc5c34)c2O)C1. The minimum absolute atomic E-state index is 0.0656. The number of phenolic OH excluding ortho intramolecular Hbond substituents is 1. The number of furan rings is 1. The lowest BCUT2D eigenvalue weighted by atomic mass is 9.77. The number of para-hydroxylation sites is 1. The average Bonchev–Trinajstić information content (AvgIpc) is 3.48. The number of nitrogens with zero attached hydrogens (tertiary/aromatic N) is 1. The number of phenols is 1. The highest BCUT2D eigenvalue weighted by Crippen LogP contribution is 2.47. The van der Waals surface area contributed by atoms with E-state index in [1.54, 1.807) is 0 Å². The van der Waals surface area contributed by atoms with Gasteiger partial charge in [-0.1, -0.05) is 130 Å². The molecule has 0 aliphatic heterocycles. The molecule has 1 N–H and O–H groups in total. The summed E-state index contributed by atoms with van der Waals surface area (Å²) in [6, 6.07) is 44.1. The fourth-order valence-corrected chi connectivity index (χ4v) is 7.01. The van der Waals surface area contributed by atoms with Crippen molar-refractivity contribution in [2.24, 2.45) is 5.41 Å². The van der Waals surface area contributed by atoms with Gasteiger partial charge in [-0.15, -0.1) is 0 Å². The van der Waals surface area contributed by atoms with Gasteiger partial charge in [0.25, 0.3) is 0 Å². The molecule has 1 aliphatic carbocycles. The molecule has 3 heteroatoms. The van der Waals surface area contributed by atoms with Gasteiger partial charge in [-0.2, -0.15) is 0 Å². The molecule has 0 fully saturated rings. The first-order valence-electron chi connectivity index (χ1n) is 16.3. The molecule has 0 bridgehead atoms. The van der Waals surface area contributed by atoms with E-state index in [-0.39, 0.29) is 11.3 Å². The second-order valence-electron chi connectivity index (χ2n) is 13.5. The lowest BCUT2D eigenvalue weighted by molar-refractivity contribution is 0.453. The minimum atomic E-state index is 0.0656. The highest BCUT2D eigenvalue weighted by atomic mass is 16.3. The summed E-state index contributed by atoms with van der Waals surface area (Å²) in [6.45, 7) is 6.76. The normalized spacial score (nSPS) is 15.0. The highest BCUT2D eigenvalue weighted by Gasteiger charge is 2.27. The highest BCUT2D eigenvalue weighted by molar-refractivity contribution is 6.19.